The number of aromatic nitrogens is 7. The average molecular weight is 638 g/mol. The Labute approximate surface area is 258 Å². The zero-order valence-corrected chi connectivity index (χ0v) is 26.3. The highest BCUT2D eigenvalue weighted by atomic mass is 32.2. The van der Waals surface area contributed by atoms with Gasteiger partial charge in [-0.25, -0.2) is 37.1 Å². The van der Waals surface area contributed by atoms with Crippen LogP contribution in [0.25, 0.3) is 22.4 Å². The fourth-order valence-corrected chi connectivity index (χ4v) is 6.49. The minimum absolute atomic E-state index is 0.00991. The molecule has 12 nitrogen and oxygen atoms in total. The topological polar surface area (TPSA) is 142 Å². The zero-order chi connectivity index (χ0) is 32.0. The Morgan fingerprint density at radius 1 is 0.978 bits per heavy atom. The SMILES string of the molecule is Cc1cc(Nc2cc(Nc3ccc(-c4nn(C)cc4C)cc3S(C)(=O)=O)c3nc(C(F)F)n(C4CCCCO4)c3n2)nc(C)n1. The van der Waals surface area contributed by atoms with Crippen molar-refractivity contribution in [2.24, 2.45) is 7.05 Å². The molecule has 5 aromatic rings. The van der Waals surface area contributed by atoms with Gasteiger partial charge in [0.15, 0.2) is 21.3 Å². The summed E-state index contributed by atoms with van der Waals surface area (Å²) in [6.07, 6.45) is 1.51. The second kappa shape index (κ2) is 11.8. The number of halogens is 2. The summed E-state index contributed by atoms with van der Waals surface area (Å²) in [6.45, 7) is 5.91. The molecule has 1 aliphatic rings. The van der Waals surface area contributed by atoms with E-state index >= 15 is 0 Å². The van der Waals surface area contributed by atoms with E-state index in [0.717, 1.165) is 30.4 Å². The van der Waals surface area contributed by atoms with Crippen LogP contribution in [0.4, 0.5) is 31.8 Å². The van der Waals surface area contributed by atoms with Crippen LogP contribution in [-0.4, -0.2) is 55.6 Å². The number of nitrogens with zero attached hydrogens (tertiary/aromatic N) is 7. The zero-order valence-electron chi connectivity index (χ0n) is 25.5. The lowest BCUT2D eigenvalue weighted by molar-refractivity contribution is -0.0363. The van der Waals surface area contributed by atoms with E-state index in [0.29, 0.717) is 35.9 Å². The normalized spacial score (nSPS) is 15.6. The van der Waals surface area contributed by atoms with Gasteiger partial charge in [0.05, 0.1) is 22.0 Å². The van der Waals surface area contributed by atoms with Gasteiger partial charge in [-0.1, -0.05) is 6.07 Å². The number of sulfone groups is 1. The molecule has 236 valence electrons. The summed E-state index contributed by atoms with van der Waals surface area (Å²) in [4.78, 5) is 17.8. The van der Waals surface area contributed by atoms with Gasteiger partial charge >= 0.3 is 0 Å². The minimum atomic E-state index is -3.76. The van der Waals surface area contributed by atoms with Crippen LogP contribution in [0.2, 0.25) is 0 Å². The third-order valence-electron chi connectivity index (χ3n) is 7.47. The lowest BCUT2D eigenvalue weighted by atomic mass is 10.1. The lowest BCUT2D eigenvalue weighted by Gasteiger charge is -2.25. The Bertz CT molecular complexity index is 2000. The molecule has 0 amide bonds. The number of imidazole rings is 1. The summed E-state index contributed by atoms with van der Waals surface area (Å²) in [5, 5.41) is 10.8. The van der Waals surface area contributed by atoms with Gasteiger partial charge in [0.1, 0.15) is 29.2 Å². The number of hydrogen-bond acceptors (Lipinski definition) is 10. The third kappa shape index (κ3) is 6.22. The van der Waals surface area contributed by atoms with Gasteiger partial charge in [0.2, 0.25) is 0 Å². The first kappa shape index (κ1) is 30.5. The van der Waals surface area contributed by atoms with Gasteiger partial charge in [-0.3, -0.25) is 9.25 Å². The summed E-state index contributed by atoms with van der Waals surface area (Å²) in [5.41, 5.74) is 3.69. The lowest BCUT2D eigenvalue weighted by Crippen LogP contribution is -2.20. The molecule has 4 aromatic heterocycles. The van der Waals surface area contributed by atoms with Crippen LogP contribution in [0.3, 0.4) is 0 Å². The van der Waals surface area contributed by atoms with Crippen molar-refractivity contribution >= 4 is 44.0 Å². The van der Waals surface area contributed by atoms with Crippen molar-refractivity contribution < 1.29 is 21.9 Å². The molecule has 0 saturated carbocycles. The summed E-state index contributed by atoms with van der Waals surface area (Å²) in [6, 6.07) is 8.27. The third-order valence-corrected chi connectivity index (χ3v) is 8.61. The number of nitrogens with one attached hydrogen (secondary N) is 2. The first-order valence-corrected chi connectivity index (χ1v) is 16.3. The summed E-state index contributed by atoms with van der Waals surface area (Å²) in [5.74, 6) is 0.793. The predicted octanol–water partition coefficient (Wildman–Crippen LogP) is 6.07. The van der Waals surface area contributed by atoms with Crippen molar-refractivity contribution in [1.82, 2.24) is 34.3 Å². The monoisotopic (exact) mass is 637 g/mol. The number of pyridine rings is 1. The highest BCUT2D eigenvalue weighted by Crippen LogP contribution is 2.38. The highest BCUT2D eigenvalue weighted by molar-refractivity contribution is 7.90. The molecule has 0 bridgehead atoms. The van der Waals surface area contributed by atoms with E-state index in [9.17, 15) is 17.2 Å². The van der Waals surface area contributed by atoms with E-state index in [-0.39, 0.29) is 33.3 Å². The van der Waals surface area contributed by atoms with Gasteiger partial charge in [0.25, 0.3) is 6.43 Å². The Kier molecular flexibility index (Phi) is 7.99. The smallest absolute Gasteiger partial charge is 0.295 e. The molecule has 1 saturated heterocycles. The van der Waals surface area contributed by atoms with Crippen LogP contribution >= 0.6 is 0 Å². The summed E-state index contributed by atoms with van der Waals surface area (Å²) in [7, 11) is -1.96. The molecule has 5 heterocycles. The Hall–Kier alpha value is -4.50. The second-order valence-corrected chi connectivity index (χ2v) is 13.2. The van der Waals surface area contributed by atoms with E-state index in [2.05, 4.69) is 30.7 Å². The average Bonchev–Trinajstić information content (AvgIpc) is 3.52. The number of benzene rings is 1. The Balaban J connectivity index is 1.53. The van der Waals surface area contributed by atoms with E-state index in [1.807, 2.05) is 20.0 Å². The van der Waals surface area contributed by atoms with Crippen molar-refractivity contribution in [2.45, 2.75) is 57.6 Å². The molecule has 1 unspecified atom stereocenters. The van der Waals surface area contributed by atoms with E-state index in [4.69, 9.17) is 9.72 Å². The molecular weight excluding hydrogens is 604 g/mol. The van der Waals surface area contributed by atoms with Crippen molar-refractivity contribution in [3.05, 3.63) is 59.4 Å². The van der Waals surface area contributed by atoms with Crippen LogP contribution in [0, 0.1) is 20.8 Å². The van der Waals surface area contributed by atoms with Crippen LogP contribution < -0.4 is 10.6 Å². The number of alkyl halides is 2. The van der Waals surface area contributed by atoms with Gasteiger partial charge in [-0.15, -0.1) is 0 Å². The number of fused-ring (bicyclic) bond motifs is 1. The van der Waals surface area contributed by atoms with Gasteiger partial charge in [-0.2, -0.15) is 5.10 Å². The molecule has 2 N–H and O–H groups in total. The Morgan fingerprint density at radius 3 is 2.40 bits per heavy atom. The molecular formula is C30H33F2N9O3S. The van der Waals surface area contributed by atoms with E-state index < -0.39 is 28.3 Å². The molecule has 6 rings (SSSR count). The first-order chi connectivity index (χ1) is 21.4. The van der Waals surface area contributed by atoms with Crippen LogP contribution in [0.15, 0.2) is 41.4 Å². The molecule has 1 atom stereocenters. The van der Waals surface area contributed by atoms with Crippen molar-refractivity contribution in [3.8, 4) is 11.3 Å². The number of rotatable bonds is 8. The molecule has 15 heteroatoms. The highest BCUT2D eigenvalue weighted by Gasteiger charge is 2.29. The largest absolute Gasteiger partial charge is 0.358 e. The van der Waals surface area contributed by atoms with Crippen LogP contribution in [-0.2, 0) is 21.6 Å². The van der Waals surface area contributed by atoms with Crippen molar-refractivity contribution in [3.63, 3.8) is 0 Å². The standard InChI is InChI=1S/C30H33F2N9O3S/c1-16-15-40(4)39-26(16)19-9-10-20(22(13-19)45(5,42)43)35-21-14-24(36-23-12-17(2)33-18(3)34-23)37-29-27(21)38-30(28(31)32)41(29)25-8-6-7-11-44-25/h9-10,12-15,25,28H,6-8,11H2,1-5H3,(H2,33,34,35,36,37). The number of ether oxygens (including phenoxy) is 1. The van der Waals surface area contributed by atoms with Crippen molar-refractivity contribution in [2.75, 3.05) is 23.5 Å². The fourth-order valence-electron chi connectivity index (χ4n) is 5.63. The summed E-state index contributed by atoms with van der Waals surface area (Å²) >= 11 is 0. The quantitative estimate of drug-likeness (QED) is 0.206. The summed E-state index contributed by atoms with van der Waals surface area (Å²) < 4.78 is 64.0. The molecule has 1 aliphatic heterocycles. The fraction of sp³-hybridized carbons (Fsp3) is 0.367. The molecule has 0 spiro atoms. The maximum Gasteiger partial charge on any atom is 0.295 e. The Morgan fingerprint density at radius 2 is 1.76 bits per heavy atom. The van der Waals surface area contributed by atoms with E-state index in [1.165, 1.54) is 4.57 Å². The molecule has 0 aliphatic carbocycles. The van der Waals surface area contributed by atoms with Gasteiger partial charge in [0, 0.05) is 49.5 Å². The van der Waals surface area contributed by atoms with Crippen molar-refractivity contribution in [1.29, 1.82) is 0 Å². The molecule has 0 radical (unpaired) electrons. The first-order valence-electron chi connectivity index (χ1n) is 14.4. The maximum atomic E-state index is 14.5. The predicted molar refractivity (Wildman–Crippen MR) is 166 cm³/mol. The van der Waals surface area contributed by atoms with Gasteiger partial charge in [-0.05, 0) is 57.7 Å². The van der Waals surface area contributed by atoms with Gasteiger partial charge < -0.3 is 15.4 Å². The minimum Gasteiger partial charge on any atom is -0.358 e. The second-order valence-electron chi connectivity index (χ2n) is 11.2. The number of aryl methyl sites for hydroxylation is 4. The van der Waals surface area contributed by atoms with Crippen LogP contribution in [0.5, 0.6) is 0 Å². The van der Waals surface area contributed by atoms with E-state index in [1.54, 1.807) is 49.0 Å². The molecule has 1 aromatic carbocycles. The molecule has 1 fully saturated rings. The van der Waals surface area contributed by atoms with Crippen LogP contribution in [0.1, 0.15) is 54.8 Å². The molecule has 45 heavy (non-hydrogen) atoms. The maximum absolute atomic E-state index is 14.5. The number of anilines is 4. The number of hydrogen-bond donors (Lipinski definition) is 2.